The number of benzene rings is 1. The van der Waals surface area contributed by atoms with Gasteiger partial charge in [-0.1, -0.05) is 23.7 Å². The second-order valence-electron chi connectivity index (χ2n) is 6.43. The Kier molecular flexibility index (Phi) is 5.32. The molecular weight excluding hydrogens is 304 g/mol. The second-order valence-corrected chi connectivity index (χ2v) is 6.87. The largest absolute Gasteiger partial charge is 0.444 e. The summed E-state index contributed by atoms with van der Waals surface area (Å²) in [6.07, 6.45) is -0.980. The summed E-state index contributed by atoms with van der Waals surface area (Å²) in [6, 6.07) is 7.15. The van der Waals surface area contributed by atoms with Crippen LogP contribution in [-0.2, 0) is 4.74 Å². The molecule has 5 nitrogen and oxygen atoms in total. The highest BCUT2D eigenvalue weighted by Gasteiger charge is 2.28. The fourth-order valence-electron chi connectivity index (χ4n) is 2.32. The molecule has 122 valence electrons. The minimum atomic E-state index is -0.682. The molecule has 1 aliphatic rings. The van der Waals surface area contributed by atoms with Gasteiger partial charge in [0, 0.05) is 31.2 Å². The predicted octanol–water partition coefficient (Wildman–Crippen LogP) is 2.88. The number of aliphatic hydroxyl groups excluding tert-OH is 1. The average Bonchev–Trinajstić information content (AvgIpc) is 2.46. The van der Waals surface area contributed by atoms with Crippen molar-refractivity contribution in [1.29, 1.82) is 0 Å². The molecular formula is C16H23ClN2O3. The second kappa shape index (κ2) is 6.86. The number of carbonyl (C=O) groups is 1. The van der Waals surface area contributed by atoms with E-state index in [0.717, 1.165) is 5.56 Å². The van der Waals surface area contributed by atoms with Crippen molar-refractivity contribution in [2.75, 3.05) is 26.2 Å². The van der Waals surface area contributed by atoms with Gasteiger partial charge in [-0.3, -0.25) is 4.90 Å². The van der Waals surface area contributed by atoms with Gasteiger partial charge in [0.15, 0.2) is 0 Å². The first-order valence-corrected chi connectivity index (χ1v) is 7.79. The Hall–Kier alpha value is -1.30. The zero-order valence-electron chi connectivity index (χ0n) is 13.3. The van der Waals surface area contributed by atoms with Crippen molar-refractivity contribution in [2.24, 2.45) is 0 Å². The fourth-order valence-corrected chi connectivity index (χ4v) is 2.45. The summed E-state index contributed by atoms with van der Waals surface area (Å²) in [5, 5.41) is 11.0. The van der Waals surface area contributed by atoms with Gasteiger partial charge >= 0.3 is 6.09 Å². The Morgan fingerprint density at radius 2 is 1.73 bits per heavy atom. The van der Waals surface area contributed by atoms with Crippen molar-refractivity contribution in [3.05, 3.63) is 34.9 Å². The van der Waals surface area contributed by atoms with Crippen LogP contribution in [-0.4, -0.2) is 52.8 Å². The Morgan fingerprint density at radius 1 is 1.18 bits per heavy atom. The standard InChI is InChI=1S/C16H23ClN2O3/c1-16(2,3)22-15(21)19-10-8-18(9-11-19)14(20)12-4-6-13(17)7-5-12/h4-7,14,20H,8-11H2,1-3H3. The molecule has 1 fully saturated rings. The first kappa shape index (κ1) is 17.1. The van der Waals surface area contributed by atoms with Gasteiger partial charge in [0.25, 0.3) is 0 Å². The summed E-state index contributed by atoms with van der Waals surface area (Å²) in [6.45, 7) is 7.84. The topological polar surface area (TPSA) is 53.0 Å². The van der Waals surface area contributed by atoms with Gasteiger partial charge < -0.3 is 14.7 Å². The van der Waals surface area contributed by atoms with Crippen LogP contribution in [0.5, 0.6) is 0 Å². The van der Waals surface area contributed by atoms with Gasteiger partial charge in [0.2, 0.25) is 0 Å². The summed E-state index contributed by atoms with van der Waals surface area (Å²) in [5.74, 6) is 0. The lowest BCUT2D eigenvalue weighted by Gasteiger charge is -2.37. The maximum absolute atomic E-state index is 12.0. The molecule has 1 N–H and O–H groups in total. The third kappa shape index (κ3) is 4.60. The highest BCUT2D eigenvalue weighted by molar-refractivity contribution is 6.30. The quantitative estimate of drug-likeness (QED) is 0.908. The first-order chi connectivity index (χ1) is 10.3. The minimum absolute atomic E-state index is 0.298. The summed E-state index contributed by atoms with van der Waals surface area (Å²) >= 11 is 5.86. The Labute approximate surface area is 136 Å². The number of ether oxygens (including phenoxy) is 1. The molecule has 0 aliphatic carbocycles. The van der Waals surface area contributed by atoms with Crippen molar-refractivity contribution < 1.29 is 14.6 Å². The SMILES string of the molecule is CC(C)(C)OC(=O)N1CCN(C(O)c2ccc(Cl)cc2)CC1. The lowest BCUT2D eigenvalue weighted by molar-refractivity contribution is -0.0353. The number of nitrogens with zero attached hydrogens (tertiary/aromatic N) is 2. The van der Waals surface area contributed by atoms with Gasteiger partial charge in [-0.15, -0.1) is 0 Å². The maximum atomic E-state index is 12.0. The van der Waals surface area contributed by atoms with E-state index < -0.39 is 11.8 Å². The highest BCUT2D eigenvalue weighted by atomic mass is 35.5. The van der Waals surface area contributed by atoms with E-state index in [1.54, 1.807) is 17.0 Å². The van der Waals surface area contributed by atoms with Gasteiger partial charge in [0.1, 0.15) is 11.8 Å². The molecule has 0 radical (unpaired) electrons. The highest BCUT2D eigenvalue weighted by Crippen LogP contribution is 2.22. The average molecular weight is 327 g/mol. The van der Waals surface area contributed by atoms with Gasteiger partial charge in [-0.25, -0.2) is 4.79 Å². The fraction of sp³-hybridized carbons (Fsp3) is 0.562. The number of hydrogen-bond acceptors (Lipinski definition) is 4. The van der Waals surface area contributed by atoms with E-state index >= 15 is 0 Å². The third-order valence-electron chi connectivity index (χ3n) is 3.48. The number of halogens is 1. The Morgan fingerprint density at radius 3 is 2.23 bits per heavy atom. The van der Waals surface area contributed by atoms with Crippen molar-refractivity contribution >= 4 is 17.7 Å². The van der Waals surface area contributed by atoms with Crippen LogP contribution in [0.15, 0.2) is 24.3 Å². The predicted molar refractivity (Wildman–Crippen MR) is 85.8 cm³/mol. The van der Waals surface area contributed by atoms with Crippen LogP contribution in [0.1, 0.15) is 32.6 Å². The van der Waals surface area contributed by atoms with E-state index in [9.17, 15) is 9.90 Å². The molecule has 1 amide bonds. The molecule has 0 spiro atoms. The lowest BCUT2D eigenvalue weighted by atomic mass is 10.1. The Bertz CT molecular complexity index is 505. The van der Waals surface area contributed by atoms with Crippen LogP contribution in [0.2, 0.25) is 5.02 Å². The number of rotatable bonds is 2. The van der Waals surface area contributed by atoms with Crippen molar-refractivity contribution in [3.8, 4) is 0 Å². The zero-order valence-corrected chi connectivity index (χ0v) is 14.0. The monoisotopic (exact) mass is 326 g/mol. The molecule has 1 aliphatic heterocycles. The number of aliphatic hydroxyl groups is 1. The normalized spacial score (nSPS) is 18.1. The van der Waals surface area contributed by atoms with Gasteiger partial charge in [0.05, 0.1) is 0 Å². The van der Waals surface area contributed by atoms with E-state index in [4.69, 9.17) is 16.3 Å². The Balaban J connectivity index is 1.89. The first-order valence-electron chi connectivity index (χ1n) is 7.42. The van der Waals surface area contributed by atoms with Gasteiger partial charge in [-0.2, -0.15) is 0 Å². The van der Waals surface area contributed by atoms with E-state index in [1.807, 2.05) is 37.8 Å². The smallest absolute Gasteiger partial charge is 0.410 e. The molecule has 1 aromatic carbocycles. The number of amides is 1. The van der Waals surface area contributed by atoms with Crippen molar-refractivity contribution in [2.45, 2.75) is 32.6 Å². The van der Waals surface area contributed by atoms with Crippen molar-refractivity contribution in [1.82, 2.24) is 9.80 Å². The molecule has 1 heterocycles. The van der Waals surface area contributed by atoms with Crippen LogP contribution in [0.3, 0.4) is 0 Å². The van der Waals surface area contributed by atoms with Crippen LogP contribution in [0.25, 0.3) is 0 Å². The van der Waals surface area contributed by atoms with Gasteiger partial charge in [-0.05, 0) is 38.5 Å². The molecule has 2 rings (SSSR count). The molecule has 1 atom stereocenters. The van der Waals surface area contributed by atoms with E-state index in [1.165, 1.54) is 0 Å². The molecule has 22 heavy (non-hydrogen) atoms. The molecule has 6 heteroatoms. The molecule has 0 saturated carbocycles. The van der Waals surface area contributed by atoms with E-state index in [0.29, 0.717) is 31.2 Å². The van der Waals surface area contributed by atoms with Crippen LogP contribution >= 0.6 is 11.6 Å². The number of hydrogen-bond donors (Lipinski definition) is 1. The zero-order chi connectivity index (χ0) is 16.3. The van der Waals surface area contributed by atoms with Crippen LogP contribution in [0, 0.1) is 0 Å². The van der Waals surface area contributed by atoms with E-state index in [2.05, 4.69) is 0 Å². The number of piperazine rings is 1. The van der Waals surface area contributed by atoms with E-state index in [-0.39, 0.29) is 6.09 Å². The maximum Gasteiger partial charge on any atom is 0.410 e. The molecule has 0 aromatic heterocycles. The molecule has 1 saturated heterocycles. The lowest BCUT2D eigenvalue weighted by Crippen LogP contribution is -2.50. The third-order valence-corrected chi connectivity index (χ3v) is 3.73. The van der Waals surface area contributed by atoms with Crippen molar-refractivity contribution in [3.63, 3.8) is 0 Å². The summed E-state index contributed by atoms with van der Waals surface area (Å²) in [4.78, 5) is 15.6. The van der Waals surface area contributed by atoms with Crippen LogP contribution in [0.4, 0.5) is 4.79 Å². The molecule has 0 bridgehead atoms. The number of carbonyl (C=O) groups excluding carboxylic acids is 1. The minimum Gasteiger partial charge on any atom is -0.444 e. The summed E-state index contributed by atoms with van der Waals surface area (Å²) in [5.41, 5.74) is 0.312. The summed E-state index contributed by atoms with van der Waals surface area (Å²) < 4.78 is 5.36. The molecule has 1 unspecified atom stereocenters. The summed E-state index contributed by atoms with van der Waals surface area (Å²) in [7, 11) is 0. The molecule has 1 aromatic rings. The van der Waals surface area contributed by atoms with Crippen LogP contribution < -0.4 is 0 Å².